The van der Waals surface area contributed by atoms with Crippen LogP contribution >= 0.6 is 0 Å². The molecule has 0 aliphatic heterocycles. The Bertz CT molecular complexity index is 537. The van der Waals surface area contributed by atoms with E-state index in [2.05, 4.69) is 15.0 Å². The number of amides is 1. The molecule has 0 aliphatic rings. The number of carbonyl (C=O) groups is 1. The van der Waals surface area contributed by atoms with E-state index in [0.29, 0.717) is 22.9 Å². The summed E-state index contributed by atoms with van der Waals surface area (Å²) in [6, 6.07) is 6.44. The number of benzene rings is 1. The Hall–Kier alpha value is -2.50. The normalized spacial score (nSPS) is 9.89. The third kappa shape index (κ3) is 2.42. The molecule has 0 saturated heterocycles. The number of ether oxygens (including phenoxy) is 2. The number of hydrogen-bond acceptors (Lipinski definition) is 5. The van der Waals surface area contributed by atoms with E-state index in [1.54, 1.807) is 24.3 Å². The average Bonchev–Trinajstić information content (AvgIpc) is 2.90. The second-order valence-corrected chi connectivity index (χ2v) is 3.41. The maximum absolute atomic E-state index is 11.9. The first-order chi connectivity index (χ1) is 8.74. The minimum atomic E-state index is -0.301. The van der Waals surface area contributed by atoms with Crippen LogP contribution in [0.3, 0.4) is 0 Å². The van der Waals surface area contributed by atoms with E-state index in [9.17, 15) is 4.79 Å². The lowest BCUT2D eigenvalue weighted by Crippen LogP contribution is -2.12. The fourth-order valence-electron chi connectivity index (χ4n) is 1.44. The maximum atomic E-state index is 11.9. The highest BCUT2D eigenvalue weighted by Crippen LogP contribution is 2.27. The summed E-state index contributed by atoms with van der Waals surface area (Å²) in [4.78, 5) is 11.9. The Morgan fingerprint density at radius 2 is 2.00 bits per heavy atom. The van der Waals surface area contributed by atoms with Crippen LogP contribution < -0.4 is 14.8 Å². The van der Waals surface area contributed by atoms with Crippen molar-refractivity contribution in [2.24, 2.45) is 0 Å². The molecule has 1 aromatic heterocycles. The van der Waals surface area contributed by atoms with Gasteiger partial charge in [-0.15, -0.1) is 0 Å². The van der Waals surface area contributed by atoms with Crippen LogP contribution in [0.5, 0.6) is 11.5 Å². The molecule has 18 heavy (non-hydrogen) atoms. The second kappa shape index (κ2) is 5.22. The number of nitrogens with one attached hydrogen (secondary N) is 1. The highest BCUT2D eigenvalue weighted by atomic mass is 16.5. The van der Waals surface area contributed by atoms with Gasteiger partial charge in [-0.05, 0) is 18.2 Å². The maximum Gasteiger partial charge on any atom is 0.257 e. The molecule has 0 spiro atoms. The monoisotopic (exact) mass is 248 g/mol. The molecule has 94 valence electrons. The van der Waals surface area contributed by atoms with Gasteiger partial charge in [-0.1, -0.05) is 5.16 Å². The Kier molecular flexibility index (Phi) is 3.47. The topological polar surface area (TPSA) is 73.6 Å². The number of anilines is 1. The molecule has 0 saturated carbocycles. The van der Waals surface area contributed by atoms with E-state index in [1.807, 2.05) is 0 Å². The molecule has 0 fully saturated rings. The van der Waals surface area contributed by atoms with Crippen molar-refractivity contribution in [3.8, 4) is 11.5 Å². The quantitative estimate of drug-likeness (QED) is 0.895. The Morgan fingerprint density at radius 3 is 2.61 bits per heavy atom. The van der Waals surface area contributed by atoms with Gasteiger partial charge in [0.15, 0.2) is 17.3 Å². The van der Waals surface area contributed by atoms with Crippen LogP contribution in [-0.4, -0.2) is 25.3 Å². The lowest BCUT2D eigenvalue weighted by Gasteiger charge is -2.08. The van der Waals surface area contributed by atoms with Crippen molar-refractivity contribution < 1.29 is 18.8 Å². The van der Waals surface area contributed by atoms with E-state index in [0.717, 1.165) is 0 Å². The summed E-state index contributed by atoms with van der Waals surface area (Å²) < 4.78 is 14.8. The van der Waals surface area contributed by atoms with E-state index < -0.39 is 0 Å². The predicted octanol–water partition coefficient (Wildman–Crippen LogP) is 1.94. The summed E-state index contributed by atoms with van der Waals surface area (Å²) in [5, 5.41) is 6.18. The molecule has 1 amide bonds. The third-order valence-corrected chi connectivity index (χ3v) is 2.33. The highest BCUT2D eigenvalue weighted by molar-refractivity contribution is 6.04. The van der Waals surface area contributed by atoms with Gasteiger partial charge in [-0.2, -0.15) is 0 Å². The van der Waals surface area contributed by atoms with Gasteiger partial charge in [-0.3, -0.25) is 4.79 Å². The minimum absolute atomic E-state index is 0.301. The number of rotatable bonds is 4. The van der Waals surface area contributed by atoms with Gasteiger partial charge in [0, 0.05) is 11.6 Å². The fourth-order valence-corrected chi connectivity index (χ4v) is 1.44. The molecular weight excluding hydrogens is 236 g/mol. The van der Waals surface area contributed by atoms with E-state index in [1.165, 1.54) is 20.5 Å². The van der Waals surface area contributed by atoms with Crippen LogP contribution in [0.4, 0.5) is 5.82 Å². The molecular formula is C12H12N2O4. The van der Waals surface area contributed by atoms with Crippen LogP contribution in [-0.2, 0) is 0 Å². The van der Waals surface area contributed by atoms with E-state index in [4.69, 9.17) is 9.47 Å². The predicted molar refractivity (Wildman–Crippen MR) is 64.0 cm³/mol. The van der Waals surface area contributed by atoms with Gasteiger partial charge in [0.2, 0.25) is 0 Å². The Balaban J connectivity index is 2.20. The Labute approximate surface area is 103 Å². The molecule has 1 heterocycles. The number of aromatic nitrogens is 1. The van der Waals surface area contributed by atoms with Crippen molar-refractivity contribution in [2.45, 2.75) is 0 Å². The van der Waals surface area contributed by atoms with Crippen molar-refractivity contribution in [3.63, 3.8) is 0 Å². The zero-order valence-electron chi connectivity index (χ0n) is 9.97. The van der Waals surface area contributed by atoms with Crippen molar-refractivity contribution in [1.29, 1.82) is 0 Å². The smallest absolute Gasteiger partial charge is 0.257 e. The summed E-state index contributed by atoms with van der Waals surface area (Å²) in [6.07, 6.45) is 1.38. The van der Waals surface area contributed by atoms with Crippen molar-refractivity contribution >= 4 is 11.7 Å². The molecule has 1 N–H and O–H groups in total. The SMILES string of the molecule is COc1ccc(C(=O)Nc2ccon2)cc1OC. The van der Waals surface area contributed by atoms with Gasteiger partial charge < -0.3 is 19.3 Å². The van der Waals surface area contributed by atoms with Crippen LogP contribution in [0.25, 0.3) is 0 Å². The number of hydrogen-bond donors (Lipinski definition) is 1. The lowest BCUT2D eigenvalue weighted by molar-refractivity contribution is 0.102. The summed E-state index contributed by atoms with van der Waals surface area (Å²) in [5.74, 6) is 1.11. The van der Waals surface area contributed by atoms with Crippen LogP contribution in [0.15, 0.2) is 35.1 Å². The second-order valence-electron chi connectivity index (χ2n) is 3.41. The number of carbonyl (C=O) groups excluding carboxylic acids is 1. The van der Waals surface area contributed by atoms with Crippen molar-refractivity contribution in [1.82, 2.24) is 5.16 Å². The van der Waals surface area contributed by atoms with E-state index in [-0.39, 0.29) is 5.91 Å². The first-order valence-corrected chi connectivity index (χ1v) is 5.18. The zero-order chi connectivity index (χ0) is 13.0. The van der Waals surface area contributed by atoms with Gasteiger partial charge >= 0.3 is 0 Å². The molecule has 1 aromatic carbocycles. The van der Waals surface area contributed by atoms with Crippen molar-refractivity contribution in [2.75, 3.05) is 19.5 Å². The first-order valence-electron chi connectivity index (χ1n) is 5.18. The van der Waals surface area contributed by atoms with Gasteiger partial charge in [0.1, 0.15) is 6.26 Å². The Morgan fingerprint density at radius 1 is 1.22 bits per heavy atom. The third-order valence-electron chi connectivity index (χ3n) is 2.33. The standard InChI is InChI=1S/C12H12N2O4/c1-16-9-4-3-8(7-10(9)17-2)12(15)13-11-5-6-18-14-11/h3-7H,1-2H3,(H,13,14,15). The number of nitrogens with zero attached hydrogens (tertiary/aromatic N) is 1. The summed E-state index contributed by atoms with van der Waals surface area (Å²) in [7, 11) is 3.05. The van der Waals surface area contributed by atoms with Gasteiger partial charge in [0.25, 0.3) is 5.91 Å². The minimum Gasteiger partial charge on any atom is -0.493 e. The van der Waals surface area contributed by atoms with Crippen molar-refractivity contribution in [3.05, 3.63) is 36.1 Å². The fraction of sp³-hybridized carbons (Fsp3) is 0.167. The highest BCUT2D eigenvalue weighted by Gasteiger charge is 2.11. The zero-order valence-corrected chi connectivity index (χ0v) is 9.97. The molecule has 0 aliphatic carbocycles. The molecule has 6 heteroatoms. The van der Waals surface area contributed by atoms with Gasteiger partial charge in [0.05, 0.1) is 14.2 Å². The molecule has 0 radical (unpaired) electrons. The van der Waals surface area contributed by atoms with Gasteiger partial charge in [-0.25, -0.2) is 0 Å². The summed E-state index contributed by atoms with van der Waals surface area (Å²) in [5.41, 5.74) is 0.440. The number of methoxy groups -OCH3 is 2. The molecule has 2 rings (SSSR count). The summed E-state index contributed by atoms with van der Waals surface area (Å²) in [6.45, 7) is 0. The molecule has 0 unspecified atom stereocenters. The lowest BCUT2D eigenvalue weighted by atomic mass is 10.2. The van der Waals surface area contributed by atoms with Crippen LogP contribution in [0.2, 0.25) is 0 Å². The van der Waals surface area contributed by atoms with Crippen LogP contribution in [0.1, 0.15) is 10.4 Å². The molecule has 2 aromatic rings. The average molecular weight is 248 g/mol. The molecule has 0 atom stereocenters. The first kappa shape index (κ1) is 12.0. The largest absolute Gasteiger partial charge is 0.493 e. The van der Waals surface area contributed by atoms with Crippen LogP contribution in [0, 0.1) is 0 Å². The summed E-state index contributed by atoms with van der Waals surface area (Å²) >= 11 is 0. The van der Waals surface area contributed by atoms with E-state index >= 15 is 0 Å². The molecule has 0 bridgehead atoms. The molecule has 6 nitrogen and oxygen atoms in total.